The maximum absolute atomic E-state index is 12.4. The molecular weight excluding hydrogens is 260 g/mol. The van der Waals surface area contributed by atoms with Crippen molar-refractivity contribution in [2.24, 2.45) is 0 Å². The number of nitrogens with zero attached hydrogens (tertiary/aromatic N) is 2. The third-order valence-electron chi connectivity index (χ3n) is 3.41. The van der Waals surface area contributed by atoms with E-state index in [4.69, 9.17) is 11.6 Å². The first-order valence-corrected chi connectivity index (χ1v) is 6.60. The van der Waals surface area contributed by atoms with Gasteiger partial charge in [0.05, 0.1) is 5.56 Å². The average Bonchev–Trinajstić information content (AvgIpc) is 2.46. The van der Waals surface area contributed by atoms with E-state index in [0.29, 0.717) is 12.1 Å². The van der Waals surface area contributed by atoms with Gasteiger partial charge in [-0.05, 0) is 29.7 Å². The summed E-state index contributed by atoms with van der Waals surface area (Å²) in [6.07, 6.45) is 2.48. The normalized spacial score (nSPS) is 14.1. The highest BCUT2D eigenvalue weighted by molar-refractivity contribution is 6.32. The van der Waals surface area contributed by atoms with Crippen LogP contribution in [0.15, 0.2) is 42.6 Å². The van der Waals surface area contributed by atoms with Crippen LogP contribution in [-0.2, 0) is 13.0 Å². The largest absolute Gasteiger partial charge is 0.334 e. The van der Waals surface area contributed by atoms with Crippen molar-refractivity contribution < 1.29 is 4.79 Å². The zero-order valence-corrected chi connectivity index (χ0v) is 11.1. The number of carbonyl (C=O) groups is 1. The van der Waals surface area contributed by atoms with Crippen LogP contribution >= 0.6 is 11.6 Å². The topological polar surface area (TPSA) is 33.2 Å². The second-order valence-electron chi connectivity index (χ2n) is 4.59. The second-order valence-corrected chi connectivity index (χ2v) is 4.95. The maximum Gasteiger partial charge on any atom is 0.257 e. The number of hydrogen-bond acceptors (Lipinski definition) is 2. The summed E-state index contributed by atoms with van der Waals surface area (Å²) in [5.41, 5.74) is 3.01. The molecule has 0 radical (unpaired) electrons. The van der Waals surface area contributed by atoms with Crippen molar-refractivity contribution in [3.05, 3.63) is 64.4 Å². The first-order chi connectivity index (χ1) is 9.25. The molecule has 0 saturated heterocycles. The van der Waals surface area contributed by atoms with Crippen molar-refractivity contribution in [2.45, 2.75) is 13.0 Å². The predicted octanol–water partition coefficient (Wildman–Crippen LogP) is 2.93. The van der Waals surface area contributed by atoms with Crippen LogP contribution in [0.25, 0.3) is 0 Å². The van der Waals surface area contributed by atoms with Crippen molar-refractivity contribution in [3.63, 3.8) is 0 Å². The number of pyridine rings is 1. The van der Waals surface area contributed by atoms with Crippen molar-refractivity contribution >= 4 is 17.5 Å². The fourth-order valence-electron chi connectivity index (χ4n) is 2.38. The summed E-state index contributed by atoms with van der Waals surface area (Å²) < 4.78 is 0. The molecule has 0 fully saturated rings. The third kappa shape index (κ3) is 2.34. The van der Waals surface area contributed by atoms with Crippen molar-refractivity contribution in [1.82, 2.24) is 9.88 Å². The first kappa shape index (κ1) is 12.2. The summed E-state index contributed by atoms with van der Waals surface area (Å²) in [4.78, 5) is 18.2. The number of halogens is 1. The SMILES string of the molecule is O=C(c1cccnc1Cl)N1CCc2ccccc2C1. The Hall–Kier alpha value is -1.87. The van der Waals surface area contributed by atoms with Crippen molar-refractivity contribution in [1.29, 1.82) is 0 Å². The molecule has 0 bridgehead atoms. The highest BCUT2D eigenvalue weighted by Crippen LogP contribution is 2.22. The lowest BCUT2D eigenvalue weighted by Crippen LogP contribution is -2.36. The predicted molar refractivity (Wildman–Crippen MR) is 74.1 cm³/mol. The van der Waals surface area contributed by atoms with Crippen LogP contribution in [0.3, 0.4) is 0 Å². The molecule has 2 aromatic rings. The lowest BCUT2D eigenvalue weighted by atomic mass is 9.99. The van der Waals surface area contributed by atoms with Gasteiger partial charge in [-0.2, -0.15) is 0 Å². The van der Waals surface area contributed by atoms with Crippen LogP contribution in [0.4, 0.5) is 0 Å². The molecule has 3 rings (SSSR count). The van der Waals surface area contributed by atoms with E-state index < -0.39 is 0 Å². The van der Waals surface area contributed by atoms with Crippen LogP contribution in [-0.4, -0.2) is 22.3 Å². The highest BCUT2D eigenvalue weighted by Gasteiger charge is 2.23. The molecule has 1 aliphatic rings. The van der Waals surface area contributed by atoms with Gasteiger partial charge in [-0.15, -0.1) is 0 Å². The Balaban J connectivity index is 1.86. The summed E-state index contributed by atoms with van der Waals surface area (Å²) in [6.45, 7) is 1.36. The monoisotopic (exact) mass is 272 g/mol. The first-order valence-electron chi connectivity index (χ1n) is 6.22. The van der Waals surface area contributed by atoms with Gasteiger partial charge in [-0.1, -0.05) is 35.9 Å². The molecule has 0 atom stereocenters. The summed E-state index contributed by atoms with van der Waals surface area (Å²) in [5, 5.41) is 0.270. The lowest BCUT2D eigenvalue weighted by molar-refractivity contribution is 0.0734. The van der Waals surface area contributed by atoms with Gasteiger partial charge in [0.15, 0.2) is 0 Å². The number of fused-ring (bicyclic) bond motifs is 1. The Morgan fingerprint density at radius 3 is 2.74 bits per heavy atom. The van der Waals surface area contributed by atoms with E-state index in [1.54, 1.807) is 18.3 Å². The molecule has 4 heteroatoms. The van der Waals surface area contributed by atoms with Crippen LogP contribution in [0.2, 0.25) is 5.15 Å². The number of carbonyl (C=O) groups excluding carboxylic acids is 1. The molecule has 1 aromatic carbocycles. The lowest BCUT2D eigenvalue weighted by Gasteiger charge is -2.29. The van der Waals surface area contributed by atoms with Gasteiger partial charge in [0.1, 0.15) is 5.15 Å². The fourth-order valence-corrected chi connectivity index (χ4v) is 2.59. The van der Waals surface area contributed by atoms with E-state index in [2.05, 4.69) is 17.1 Å². The number of amides is 1. The number of rotatable bonds is 1. The van der Waals surface area contributed by atoms with E-state index in [9.17, 15) is 4.79 Å². The average molecular weight is 273 g/mol. The number of hydrogen-bond donors (Lipinski definition) is 0. The van der Waals surface area contributed by atoms with Crippen molar-refractivity contribution in [2.75, 3.05) is 6.54 Å². The van der Waals surface area contributed by atoms with E-state index in [0.717, 1.165) is 13.0 Å². The quantitative estimate of drug-likeness (QED) is 0.748. The molecule has 0 spiro atoms. The Morgan fingerprint density at radius 2 is 1.95 bits per heavy atom. The van der Waals surface area contributed by atoms with E-state index >= 15 is 0 Å². The zero-order valence-electron chi connectivity index (χ0n) is 10.3. The molecule has 1 aliphatic heterocycles. The molecule has 1 amide bonds. The van der Waals surface area contributed by atoms with Crippen LogP contribution in [0.1, 0.15) is 21.5 Å². The Labute approximate surface area is 116 Å². The molecule has 0 aliphatic carbocycles. The Kier molecular flexibility index (Phi) is 3.22. The summed E-state index contributed by atoms with van der Waals surface area (Å²) in [5.74, 6) is -0.0485. The van der Waals surface area contributed by atoms with Crippen LogP contribution in [0.5, 0.6) is 0 Å². The van der Waals surface area contributed by atoms with Crippen molar-refractivity contribution in [3.8, 4) is 0 Å². The molecular formula is C15H13ClN2O. The molecule has 1 aromatic heterocycles. The number of aromatic nitrogens is 1. The summed E-state index contributed by atoms with van der Waals surface area (Å²) in [6, 6.07) is 11.7. The van der Waals surface area contributed by atoms with Gasteiger partial charge in [-0.25, -0.2) is 4.98 Å². The van der Waals surface area contributed by atoms with E-state index in [-0.39, 0.29) is 11.1 Å². The number of benzene rings is 1. The standard InChI is InChI=1S/C15H13ClN2O/c16-14-13(6-3-8-17-14)15(19)18-9-7-11-4-1-2-5-12(11)10-18/h1-6,8H,7,9-10H2. The fraction of sp³-hybridized carbons (Fsp3) is 0.200. The Morgan fingerprint density at radius 1 is 1.16 bits per heavy atom. The molecule has 19 heavy (non-hydrogen) atoms. The third-order valence-corrected chi connectivity index (χ3v) is 3.71. The highest BCUT2D eigenvalue weighted by atomic mass is 35.5. The van der Waals surface area contributed by atoms with Gasteiger partial charge in [-0.3, -0.25) is 4.79 Å². The van der Waals surface area contributed by atoms with Gasteiger partial charge in [0.25, 0.3) is 5.91 Å². The molecule has 0 saturated carbocycles. The summed E-state index contributed by atoms with van der Waals surface area (Å²) >= 11 is 5.98. The van der Waals surface area contributed by atoms with E-state index in [1.807, 2.05) is 17.0 Å². The van der Waals surface area contributed by atoms with Crippen LogP contribution < -0.4 is 0 Å². The maximum atomic E-state index is 12.4. The second kappa shape index (κ2) is 5.02. The Bertz CT molecular complexity index is 627. The minimum atomic E-state index is -0.0485. The minimum Gasteiger partial charge on any atom is -0.334 e. The van der Waals surface area contributed by atoms with Gasteiger partial charge >= 0.3 is 0 Å². The smallest absolute Gasteiger partial charge is 0.257 e. The van der Waals surface area contributed by atoms with E-state index in [1.165, 1.54) is 11.1 Å². The van der Waals surface area contributed by atoms with Gasteiger partial charge in [0, 0.05) is 19.3 Å². The van der Waals surface area contributed by atoms with Gasteiger partial charge < -0.3 is 4.90 Å². The molecule has 0 N–H and O–H groups in total. The van der Waals surface area contributed by atoms with Crippen LogP contribution in [0, 0.1) is 0 Å². The molecule has 3 nitrogen and oxygen atoms in total. The molecule has 2 heterocycles. The molecule has 96 valence electrons. The molecule has 0 unspecified atom stereocenters. The summed E-state index contributed by atoms with van der Waals surface area (Å²) in [7, 11) is 0. The minimum absolute atomic E-state index is 0.0485. The van der Waals surface area contributed by atoms with Gasteiger partial charge in [0.2, 0.25) is 0 Å². The zero-order chi connectivity index (χ0) is 13.2.